The van der Waals surface area contributed by atoms with Crippen LogP contribution in [0.15, 0.2) is 30.3 Å². The highest BCUT2D eigenvalue weighted by atomic mass is 32.1. The molecular formula is C18H20N2O3S. The van der Waals surface area contributed by atoms with Crippen molar-refractivity contribution in [1.29, 1.82) is 0 Å². The number of rotatable bonds is 3. The van der Waals surface area contributed by atoms with Crippen LogP contribution in [-0.4, -0.2) is 50.2 Å². The largest absolute Gasteiger partial charge is 0.488 e. The van der Waals surface area contributed by atoms with E-state index in [-0.39, 0.29) is 12.0 Å². The number of para-hydroxylation sites is 1. The fourth-order valence-corrected chi connectivity index (χ4v) is 4.21. The summed E-state index contributed by atoms with van der Waals surface area (Å²) in [5.41, 5.74) is 2.15. The van der Waals surface area contributed by atoms with Gasteiger partial charge in [0.25, 0.3) is 5.91 Å². The molecule has 2 aromatic rings. The van der Waals surface area contributed by atoms with Gasteiger partial charge in [0, 0.05) is 35.6 Å². The lowest BCUT2D eigenvalue weighted by Crippen LogP contribution is -2.45. The SMILES string of the molecule is CN1CCOC(CNC(=O)c2cc3c(s2)-c2ccccc2OC3)C1. The minimum atomic E-state index is -0.0382. The van der Waals surface area contributed by atoms with Gasteiger partial charge in [0.15, 0.2) is 0 Å². The van der Waals surface area contributed by atoms with Gasteiger partial charge in [-0.05, 0) is 25.2 Å². The Morgan fingerprint density at radius 1 is 1.42 bits per heavy atom. The van der Waals surface area contributed by atoms with Crippen LogP contribution in [0.4, 0.5) is 0 Å². The Balaban J connectivity index is 1.46. The molecular weight excluding hydrogens is 324 g/mol. The van der Waals surface area contributed by atoms with E-state index in [4.69, 9.17) is 9.47 Å². The number of hydrogen-bond donors (Lipinski definition) is 1. The van der Waals surface area contributed by atoms with Crippen LogP contribution >= 0.6 is 11.3 Å². The molecule has 6 heteroatoms. The van der Waals surface area contributed by atoms with Crippen LogP contribution in [0.3, 0.4) is 0 Å². The first kappa shape index (κ1) is 15.6. The van der Waals surface area contributed by atoms with Crippen molar-refractivity contribution in [2.24, 2.45) is 0 Å². The molecule has 0 radical (unpaired) electrons. The summed E-state index contributed by atoms with van der Waals surface area (Å²) in [7, 11) is 2.07. The van der Waals surface area contributed by atoms with Crippen molar-refractivity contribution in [3.05, 3.63) is 40.8 Å². The van der Waals surface area contributed by atoms with E-state index in [1.807, 2.05) is 30.3 Å². The number of amides is 1. The zero-order valence-electron chi connectivity index (χ0n) is 13.6. The van der Waals surface area contributed by atoms with Crippen LogP contribution in [0.1, 0.15) is 15.2 Å². The highest BCUT2D eigenvalue weighted by Crippen LogP contribution is 2.42. The molecule has 126 valence electrons. The van der Waals surface area contributed by atoms with Crippen molar-refractivity contribution in [3.8, 4) is 16.2 Å². The van der Waals surface area contributed by atoms with Gasteiger partial charge in [0.1, 0.15) is 12.4 Å². The number of nitrogens with zero attached hydrogens (tertiary/aromatic N) is 1. The van der Waals surface area contributed by atoms with E-state index < -0.39 is 0 Å². The molecule has 1 atom stereocenters. The number of likely N-dealkylation sites (N-methyl/N-ethyl adjacent to an activating group) is 1. The van der Waals surface area contributed by atoms with Crippen LogP contribution in [-0.2, 0) is 11.3 Å². The Hall–Kier alpha value is -1.89. The highest BCUT2D eigenvalue weighted by Gasteiger charge is 2.23. The molecule has 1 saturated heterocycles. The Morgan fingerprint density at radius 3 is 3.17 bits per heavy atom. The van der Waals surface area contributed by atoms with E-state index in [0.29, 0.717) is 13.2 Å². The van der Waals surface area contributed by atoms with Crippen LogP contribution in [0.2, 0.25) is 0 Å². The van der Waals surface area contributed by atoms with E-state index in [2.05, 4.69) is 17.3 Å². The van der Waals surface area contributed by atoms with Gasteiger partial charge in [-0.3, -0.25) is 4.79 Å². The summed E-state index contributed by atoms with van der Waals surface area (Å²) in [6.07, 6.45) is 0.0614. The van der Waals surface area contributed by atoms with Crippen molar-refractivity contribution < 1.29 is 14.3 Å². The standard InChI is InChI=1S/C18H20N2O3S/c1-20-6-7-22-13(10-20)9-19-18(21)16-8-12-11-23-15-5-3-2-4-14(15)17(12)24-16/h2-5,8,13H,6-7,9-11H2,1H3,(H,19,21). The van der Waals surface area contributed by atoms with Crippen molar-refractivity contribution >= 4 is 17.2 Å². The van der Waals surface area contributed by atoms with Crippen LogP contribution in [0, 0.1) is 0 Å². The smallest absolute Gasteiger partial charge is 0.261 e. The van der Waals surface area contributed by atoms with Gasteiger partial charge < -0.3 is 19.7 Å². The van der Waals surface area contributed by atoms with E-state index in [0.717, 1.165) is 46.3 Å². The zero-order chi connectivity index (χ0) is 16.5. The topological polar surface area (TPSA) is 50.8 Å². The zero-order valence-corrected chi connectivity index (χ0v) is 14.4. The minimum Gasteiger partial charge on any atom is -0.488 e. The van der Waals surface area contributed by atoms with E-state index in [9.17, 15) is 4.79 Å². The first-order valence-corrected chi connectivity index (χ1v) is 8.95. The van der Waals surface area contributed by atoms with Gasteiger partial charge in [0.2, 0.25) is 0 Å². The van der Waals surface area contributed by atoms with Gasteiger partial charge in [-0.1, -0.05) is 12.1 Å². The molecule has 0 bridgehead atoms. The second kappa shape index (κ2) is 6.55. The molecule has 24 heavy (non-hydrogen) atoms. The number of benzene rings is 1. The second-order valence-electron chi connectivity index (χ2n) is 6.21. The normalized spacial score (nSPS) is 20.0. The lowest BCUT2D eigenvalue weighted by atomic mass is 10.1. The first-order valence-electron chi connectivity index (χ1n) is 8.14. The second-order valence-corrected chi connectivity index (χ2v) is 7.27. The molecule has 3 heterocycles. The van der Waals surface area contributed by atoms with E-state index >= 15 is 0 Å². The number of ether oxygens (including phenoxy) is 2. The van der Waals surface area contributed by atoms with Crippen molar-refractivity contribution in [2.45, 2.75) is 12.7 Å². The van der Waals surface area contributed by atoms with Gasteiger partial charge in [-0.25, -0.2) is 0 Å². The van der Waals surface area contributed by atoms with Crippen LogP contribution < -0.4 is 10.1 Å². The van der Waals surface area contributed by atoms with Crippen molar-refractivity contribution in [3.63, 3.8) is 0 Å². The third-order valence-corrected chi connectivity index (χ3v) is 5.59. The molecule has 4 rings (SSSR count). The summed E-state index contributed by atoms with van der Waals surface area (Å²) in [6, 6.07) is 9.91. The average molecular weight is 344 g/mol. The Labute approximate surface area is 145 Å². The fraction of sp³-hybridized carbons (Fsp3) is 0.389. The van der Waals surface area contributed by atoms with Crippen LogP contribution in [0.25, 0.3) is 10.4 Å². The molecule has 0 saturated carbocycles. The quantitative estimate of drug-likeness (QED) is 0.929. The monoisotopic (exact) mass is 344 g/mol. The number of carbonyl (C=O) groups is 1. The number of thiophene rings is 1. The maximum absolute atomic E-state index is 12.5. The summed E-state index contributed by atoms with van der Waals surface area (Å²) in [6.45, 7) is 3.58. The molecule has 5 nitrogen and oxygen atoms in total. The molecule has 0 aliphatic carbocycles. The number of morpholine rings is 1. The highest BCUT2D eigenvalue weighted by molar-refractivity contribution is 7.17. The summed E-state index contributed by atoms with van der Waals surface area (Å²) in [5.74, 6) is 0.848. The minimum absolute atomic E-state index is 0.0382. The molecule has 2 aliphatic heterocycles. The lowest BCUT2D eigenvalue weighted by Gasteiger charge is -2.30. The maximum Gasteiger partial charge on any atom is 0.261 e. The molecule has 1 aromatic carbocycles. The predicted molar refractivity (Wildman–Crippen MR) is 93.7 cm³/mol. The predicted octanol–water partition coefficient (Wildman–Crippen LogP) is 2.37. The summed E-state index contributed by atoms with van der Waals surface area (Å²) in [4.78, 5) is 16.6. The Bertz CT molecular complexity index is 758. The van der Waals surface area contributed by atoms with Gasteiger partial charge in [-0.2, -0.15) is 0 Å². The molecule has 1 unspecified atom stereocenters. The van der Waals surface area contributed by atoms with Crippen molar-refractivity contribution in [2.75, 3.05) is 33.3 Å². The van der Waals surface area contributed by atoms with Crippen molar-refractivity contribution in [1.82, 2.24) is 10.2 Å². The number of hydrogen-bond acceptors (Lipinski definition) is 5. The Kier molecular flexibility index (Phi) is 4.26. The third-order valence-electron chi connectivity index (χ3n) is 4.38. The molecule has 1 N–H and O–H groups in total. The van der Waals surface area contributed by atoms with Crippen LogP contribution in [0.5, 0.6) is 5.75 Å². The summed E-state index contributed by atoms with van der Waals surface area (Å²) < 4.78 is 11.4. The molecule has 1 aromatic heterocycles. The Morgan fingerprint density at radius 2 is 2.29 bits per heavy atom. The summed E-state index contributed by atoms with van der Waals surface area (Å²) in [5, 5.41) is 3.00. The van der Waals surface area contributed by atoms with Gasteiger partial charge in [0.05, 0.1) is 17.6 Å². The van der Waals surface area contributed by atoms with Gasteiger partial charge >= 0.3 is 0 Å². The molecule has 0 spiro atoms. The number of fused-ring (bicyclic) bond motifs is 3. The lowest BCUT2D eigenvalue weighted by molar-refractivity contribution is -0.0174. The average Bonchev–Trinajstić information content (AvgIpc) is 3.04. The molecule has 2 aliphatic rings. The number of carbonyl (C=O) groups excluding carboxylic acids is 1. The molecule has 1 fully saturated rings. The number of nitrogens with one attached hydrogen (secondary N) is 1. The first-order chi connectivity index (χ1) is 11.7. The van der Waals surface area contributed by atoms with E-state index in [1.54, 1.807) is 0 Å². The summed E-state index contributed by atoms with van der Waals surface area (Å²) >= 11 is 1.53. The maximum atomic E-state index is 12.5. The molecule has 1 amide bonds. The fourth-order valence-electron chi connectivity index (χ4n) is 3.10. The van der Waals surface area contributed by atoms with Gasteiger partial charge in [-0.15, -0.1) is 11.3 Å². The third kappa shape index (κ3) is 3.05. The van der Waals surface area contributed by atoms with E-state index in [1.165, 1.54) is 11.3 Å².